The number of imide groups is 1. The summed E-state index contributed by atoms with van der Waals surface area (Å²) >= 11 is 5.91. The van der Waals surface area contributed by atoms with Crippen molar-refractivity contribution in [2.24, 2.45) is 0 Å². The molecule has 4 rings (SSSR count). The molecule has 0 spiro atoms. The van der Waals surface area contributed by atoms with Crippen LogP contribution in [0.25, 0.3) is 0 Å². The first-order chi connectivity index (χ1) is 13.1. The lowest BCUT2D eigenvalue weighted by Crippen LogP contribution is -3.19. The number of carbonyl (C=O) groups excluding carboxylic acids is 2. The zero-order chi connectivity index (χ0) is 18.8. The van der Waals surface area contributed by atoms with Gasteiger partial charge in [-0.25, -0.2) is 4.98 Å². The molecule has 2 fully saturated rings. The lowest BCUT2D eigenvalue weighted by Gasteiger charge is -2.31. The van der Waals surface area contributed by atoms with E-state index < -0.39 is 0 Å². The Balaban J connectivity index is 1.38. The number of halogens is 1. The van der Waals surface area contributed by atoms with Crippen LogP contribution in [0.5, 0.6) is 0 Å². The molecule has 1 aromatic carbocycles. The zero-order valence-corrected chi connectivity index (χ0v) is 15.8. The van der Waals surface area contributed by atoms with Gasteiger partial charge in [-0.1, -0.05) is 29.8 Å². The van der Waals surface area contributed by atoms with E-state index in [4.69, 9.17) is 11.6 Å². The average molecular weight is 387 g/mol. The van der Waals surface area contributed by atoms with E-state index >= 15 is 0 Å². The van der Waals surface area contributed by atoms with Crippen molar-refractivity contribution in [2.45, 2.75) is 19.0 Å². The normalized spacial score (nSPS) is 21.1. The molecule has 6 nitrogen and oxygen atoms in total. The second kappa shape index (κ2) is 7.66. The summed E-state index contributed by atoms with van der Waals surface area (Å²) in [5.41, 5.74) is 0.918. The Hall–Kier alpha value is -2.44. The molecule has 2 aliphatic rings. The Morgan fingerprint density at radius 3 is 2.48 bits per heavy atom. The SMILES string of the molecule is O=C1C[C@H]([NH+]2CCN(c3cccc[nH+]3)CC2)C(=O)N1Cc1ccc(Cl)cc1. The number of aromatic amines is 1. The van der Waals surface area contributed by atoms with Crippen molar-refractivity contribution in [3.05, 3.63) is 59.2 Å². The van der Waals surface area contributed by atoms with E-state index in [0.717, 1.165) is 37.6 Å². The van der Waals surface area contributed by atoms with E-state index in [1.54, 1.807) is 12.1 Å². The van der Waals surface area contributed by atoms with E-state index in [-0.39, 0.29) is 17.9 Å². The number of nitrogens with zero attached hydrogens (tertiary/aromatic N) is 2. The first kappa shape index (κ1) is 17.9. The second-order valence-corrected chi connectivity index (χ2v) is 7.53. The molecule has 7 heteroatoms. The number of hydrogen-bond acceptors (Lipinski definition) is 3. The summed E-state index contributed by atoms with van der Waals surface area (Å²) in [5.74, 6) is 0.964. The van der Waals surface area contributed by atoms with E-state index in [0.29, 0.717) is 18.0 Å². The molecule has 2 aromatic rings. The molecule has 2 N–H and O–H groups in total. The molecule has 1 atom stereocenters. The maximum atomic E-state index is 12.9. The van der Waals surface area contributed by atoms with E-state index in [1.165, 1.54) is 9.80 Å². The Labute approximate surface area is 163 Å². The molecule has 2 amide bonds. The number of quaternary nitrogens is 1. The lowest BCUT2D eigenvalue weighted by molar-refractivity contribution is -0.915. The maximum Gasteiger partial charge on any atom is 0.288 e. The maximum absolute atomic E-state index is 12.9. The molecule has 0 aliphatic carbocycles. The second-order valence-electron chi connectivity index (χ2n) is 7.09. The highest BCUT2D eigenvalue weighted by atomic mass is 35.5. The fourth-order valence-corrected chi connectivity index (χ4v) is 4.03. The molecule has 2 aliphatic heterocycles. The number of benzene rings is 1. The molecule has 0 saturated carbocycles. The number of nitrogens with one attached hydrogen (secondary N) is 2. The largest absolute Gasteiger partial charge is 0.318 e. The minimum absolute atomic E-state index is 0.0512. The van der Waals surface area contributed by atoms with Gasteiger partial charge in [-0.2, -0.15) is 0 Å². The molecule has 140 valence electrons. The average Bonchev–Trinajstić information content (AvgIpc) is 2.99. The predicted octanol–water partition coefficient (Wildman–Crippen LogP) is 0.187. The molecular formula is C20H23ClN4O2+2. The van der Waals surface area contributed by atoms with Gasteiger partial charge in [0.25, 0.3) is 11.7 Å². The Morgan fingerprint density at radius 1 is 1.07 bits per heavy atom. The minimum atomic E-state index is -0.258. The van der Waals surface area contributed by atoms with Crippen LogP contribution in [-0.4, -0.2) is 48.9 Å². The van der Waals surface area contributed by atoms with Gasteiger partial charge in [0.2, 0.25) is 5.91 Å². The quantitative estimate of drug-likeness (QED) is 0.763. The summed E-state index contributed by atoms with van der Waals surface area (Å²) in [4.78, 5) is 33.5. The van der Waals surface area contributed by atoms with E-state index in [2.05, 4.69) is 16.0 Å². The van der Waals surface area contributed by atoms with Crippen molar-refractivity contribution in [3.8, 4) is 0 Å². The van der Waals surface area contributed by atoms with Crippen LogP contribution >= 0.6 is 11.6 Å². The number of pyridine rings is 1. The van der Waals surface area contributed by atoms with Crippen LogP contribution in [0.2, 0.25) is 5.02 Å². The van der Waals surface area contributed by atoms with E-state index in [1.807, 2.05) is 30.5 Å². The van der Waals surface area contributed by atoms with Gasteiger partial charge >= 0.3 is 0 Å². The topological polar surface area (TPSA) is 59.2 Å². The fourth-order valence-electron chi connectivity index (χ4n) is 3.90. The molecule has 0 unspecified atom stereocenters. The third-order valence-electron chi connectivity index (χ3n) is 5.43. The molecule has 0 bridgehead atoms. The lowest BCUT2D eigenvalue weighted by atomic mass is 10.1. The van der Waals surface area contributed by atoms with Gasteiger partial charge in [-0.05, 0) is 23.8 Å². The predicted molar refractivity (Wildman–Crippen MR) is 101 cm³/mol. The van der Waals surface area contributed by atoms with E-state index in [9.17, 15) is 9.59 Å². The molecule has 2 saturated heterocycles. The van der Waals surface area contributed by atoms with Crippen LogP contribution in [0.15, 0.2) is 48.7 Å². The molecule has 3 heterocycles. The van der Waals surface area contributed by atoms with Crippen LogP contribution in [0.4, 0.5) is 5.82 Å². The monoisotopic (exact) mass is 386 g/mol. The van der Waals surface area contributed by atoms with Crippen molar-refractivity contribution in [1.29, 1.82) is 0 Å². The number of carbonyl (C=O) groups is 2. The van der Waals surface area contributed by atoms with Crippen molar-refractivity contribution in [2.75, 3.05) is 31.1 Å². The van der Waals surface area contributed by atoms with Gasteiger partial charge in [0.05, 0.1) is 19.2 Å². The Bertz CT molecular complexity index is 820. The van der Waals surface area contributed by atoms with Crippen molar-refractivity contribution in [1.82, 2.24) is 4.90 Å². The summed E-state index contributed by atoms with van der Waals surface area (Å²) in [6, 6.07) is 13.1. The standard InChI is InChI=1S/C20H21ClN4O2/c21-16-6-4-15(5-7-16)14-25-19(26)13-17(20(25)27)23-9-11-24(12-10-23)18-3-1-2-8-22-18/h1-8,17H,9-14H2/p+2/t17-/m0/s1. The number of aromatic nitrogens is 1. The van der Waals surface area contributed by atoms with Crippen molar-refractivity contribution in [3.63, 3.8) is 0 Å². The minimum Gasteiger partial charge on any atom is -0.318 e. The number of hydrogen-bond donors (Lipinski definition) is 1. The van der Waals surface area contributed by atoms with Crippen LogP contribution in [0.1, 0.15) is 12.0 Å². The van der Waals surface area contributed by atoms with Gasteiger partial charge in [-0.15, -0.1) is 0 Å². The van der Waals surface area contributed by atoms with Crippen LogP contribution in [0, 0.1) is 0 Å². The number of rotatable bonds is 4. The summed E-state index contributed by atoms with van der Waals surface area (Å²) in [6.45, 7) is 3.75. The first-order valence-corrected chi connectivity index (χ1v) is 9.64. The molecule has 1 aromatic heterocycles. The van der Waals surface area contributed by atoms with Crippen LogP contribution in [0.3, 0.4) is 0 Å². The number of anilines is 1. The third-order valence-corrected chi connectivity index (χ3v) is 5.68. The summed E-state index contributed by atoms with van der Waals surface area (Å²) in [7, 11) is 0. The Kier molecular flexibility index (Phi) is 5.09. The molecule has 27 heavy (non-hydrogen) atoms. The van der Waals surface area contributed by atoms with Gasteiger partial charge in [0.15, 0.2) is 6.04 Å². The zero-order valence-electron chi connectivity index (χ0n) is 15.0. The highest BCUT2D eigenvalue weighted by Gasteiger charge is 2.46. The number of H-pyrrole nitrogens is 1. The highest BCUT2D eigenvalue weighted by molar-refractivity contribution is 6.30. The summed E-state index contributed by atoms with van der Waals surface area (Å²) in [5, 5.41) is 0.647. The summed E-state index contributed by atoms with van der Waals surface area (Å²) < 4.78 is 0. The van der Waals surface area contributed by atoms with Crippen LogP contribution < -0.4 is 14.8 Å². The van der Waals surface area contributed by atoms with Gasteiger partial charge in [-0.3, -0.25) is 19.4 Å². The van der Waals surface area contributed by atoms with Gasteiger partial charge < -0.3 is 4.90 Å². The van der Waals surface area contributed by atoms with Gasteiger partial charge in [0, 0.05) is 11.1 Å². The fraction of sp³-hybridized carbons (Fsp3) is 0.350. The van der Waals surface area contributed by atoms with Gasteiger partial charge in [0.1, 0.15) is 26.2 Å². The molecule has 0 radical (unpaired) electrons. The smallest absolute Gasteiger partial charge is 0.288 e. The Morgan fingerprint density at radius 2 is 1.81 bits per heavy atom. The van der Waals surface area contributed by atoms with Crippen molar-refractivity contribution < 1.29 is 19.5 Å². The molecular weight excluding hydrogens is 364 g/mol. The van der Waals surface area contributed by atoms with Crippen molar-refractivity contribution >= 4 is 29.2 Å². The van der Waals surface area contributed by atoms with Crippen LogP contribution in [-0.2, 0) is 16.1 Å². The number of amides is 2. The third kappa shape index (κ3) is 3.82. The number of piperazine rings is 1. The first-order valence-electron chi connectivity index (χ1n) is 9.27. The highest BCUT2D eigenvalue weighted by Crippen LogP contribution is 2.17. The summed E-state index contributed by atoms with van der Waals surface area (Å²) in [6.07, 6.45) is 2.22. The number of likely N-dealkylation sites (tertiary alicyclic amines) is 1.